The topological polar surface area (TPSA) is 123 Å². The molecule has 1 atom stereocenters. The Morgan fingerprint density at radius 2 is 2.08 bits per heavy atom. The molecule has 1 aromatic heterocycles. The Morgan fingerprint density at radius 1 is 1.40 bits per heavy atom. The van der Waals surface area contributed by atoms with Gasteiger partial charge in [-0.2, -0.15) is 0 Å². The monoisotopic (exact) mass is 384 g/mol. The van der Waals surface area contributed by atoms with Crippen LogP contribution in [-0.4, -0.2) is 52.8 Å². The summed E-state index contributed by atoms with van der Waals surface area (Å²) >= 11 is 1.15. The zero-order chi connectivity index (χ0) is 18.8. The summed E-state index contributed by atoms with van der Waals surface area (Å²) in [7, 11) is -0.673. The van der Waals surface area contributed by atoms with Crippen molar-refractivity contribution in [2.45, 2.75) is 29.1 Å². The maximum absolute atomic E-state index is 12.4. The fraction of sp³-hybridized carbons (Fsp3) is 0.357. The van der Waals surface area contributed by atoms with Crippen molar-refractivity contribution in [3.8, 4) is 0 Å². The van der Waals surface area contributed by atoms with Gasteiger partial charge in [0.15, 0.2) is 0 Å². The van der Waals surface area contributed by atoms with E-state index in [2.05, 4.69) is 15.5 Å². The van der Waals surface area contributed by atoms with Crippen LogP contribution in [0, 0.1) is 6.92 Å². The smallest absolute Gasteiger partial charge is 0.242 e. The predicted molar refractivity (Wildman–Crippen MR) is 96.2 cm³/mol. The van der Waals surface area contributed by atoms with Gasteiger partial charge < -0.3 is 11.2 Å². The van der Waals surface area contributed by atoms with Gasteiger partial charge in [0.2, 0.25) is 21.1 Å². The van der Waals surface area contributed by atoms with E-state index in [1.165, 1.54) is 37.2 Å². The highest BCUT2D eigenvalue weighted by molar-refractivity contribution is 8.00. The number of anilines is 1. The predicted octanol–water partition coefficient (Wildman–Crippen LogP) is 0.670. The lowest BCUT2D eigenvalue weighted by atomic mass is 10.2. The van der Waals surface area contributed by atoms with Crippen LogP contribution < -0.4 is 11.2 Å². The lowest BCUT2D eigenvalue weighted by Crippen LogP contribution is -2.25. The Bertz CT molecular complexity index is 878. The van der Waals surface area contributed by atoms with Gasteiger partial charge in [-0.25, -0.2) is 17.4 Å². The van der Waals surface area contributed by atoms with E-state index in [0.29, 0.717) is 10.8 Å². The fourth-order valence-electron chi connectivity index (χ4n) is 1.87. The molecule has 0 radical (unpaired) electrons. The molecule has 1 aromatic carbocycles. The molecule has 0 saturated carbocycles. The Balaban J connectivity index is 2.19. The van der Waals surface area contributed by atoms with Gasteiger partial charge >= 0.3 is 0 Å². The molecule has 25 heavy (non-hydrogen) atoms. The summed E-state index contributed by atoms with van der Waals surface area (Å²) in [5.74, 6) is 5.33. The molecule has 0 saturated heterocycles. The second kappa shape index (κ2) is 7.42. The van der Waals surface area contributed by atoms with E-state index in [1.54, 1.807) is 19.9 Å². The number of nitrogens with zero attached hydrogens (tertiary/aromatic N) is 4. The molecule has 3 N–H and O–H groups in total. The van der Waals surface area contributed by atoms with Crippen LogP contribution in [0.15, 0.2) is 34.6 Å². The molecule has 11 heteroatoms. The number of nitrogens with two attached hydrogens (primary N) is 1. The first kappa shape index (κ1) is 19.2. The van der Waals surface area contributed by atoms with Crippen LogP contribution in [0.3, 0.4) is 0 Å². The van der Waals surface area contributed by atoms with Gasteiger partial charge in [-0.1, -0.05) is 17.8 Å². The summed E-state index contributed by atoms with van der Waals surface area (Å²) in [6, 6.07) is 4.61. The van der Waals surface area contributed by atoms with Crippen molar-refractivity contribution in [3.05, 3.63) is 30.1 Å². The quantitative estimate of drug-likeness (QED) is 0.554. The van der Waals surface area contributed by atoms with Crippen molar-refractivity contribution in [1.82, 2.24) is 19.2 Å². The molecule has 136 valence electrons. The number of thioether (sulfide) groups is 1. The third kappa shape index (κ3) is 4.30. The normalized spacial score (nSPS) is 13.0. The number of carbonyl (C=O) groups is 1. The summed E-state index contributed by atoms with van der Waals surface area (Å²) in [6.45, 7) is 3.49. The minimum Gasteiger partial charge on any atom is -0.336 e. The first-order chi connectivity index (χ1) is 11.6. The first-order valence-electron chi connectivity index (χ1n) is 7.28. The van der Waals surface area contributed by atoms with Gasteiger partial charge in [0.05, 0.1) is 10.1 Å². The van der Waals surface area contributed by atoms with Crippen LogP contribution >= 0.6 is 11.8 Å². The number of benzene rings is 1. The molecule has 2 aromatic rings. The molecule has 1 heterocycles. The number of carbonyl (C=O) groups excluding carboxylic acids is 1. The van der Waals surface area contributed by atoms with E-state index in [-0.39, 0.29) is 10.8 Å². The minimum atomic E-state index is -3.58. The number of nitrogens with one attached hydrogen (secondary N) is 1. The molecule has 0 fully saturated rings. The summed E-state index contributed by atoms with van der Waals surface area (Å²) < 4.78 is 26.8. The molecule has 0 bridgehead atoms. The SMILES string of the molecule is Cc1ccc(S(=O)(=O)N(C)C)cc1NC(=O)C(C)Sc1nncn1N. The molecule has 2 rings (SSSR count). The number of sulfonamides is 1. The van der Waals surface area contributed by atoms with E-state index in [0.717, 1.165) is 21.6 Å². The van der Waals surface area contributed by atoms with E-state index >= 15 is 0 Å². The van der Waals surface area contributed by atoms with Gasteiger partial charge in [-0.15, -0.1) is 10.2 Å². The summed E-state index contributed by atoms with van der Waals surface area (Å²) in [5, 5.41) is 10.1. The Hall–Kier alpha value is -2.11. The largest absolute Gasteiger partial charge is 0.336 e. The molecule has 0 aliphatic heterocycles. The molecule has 1 amide bonds. The Morgan fingerprint density at radius 3 is 2.64 bits per heavy atom. The van der Waals surface area contributed by atoms with E-state index < -0.39 is 15.3 Å². The first-order valence-corrected chi connectivity index (χ1v) is 9.60. The van der Waals surface area contributed by atoms with Gasteiger partial charge in [-0.05, 0) is 31.5 Å². The molecular weight excluding hydrogens is 364 g/mol. The van der Waals surface area contributed by atoms with Crippen LogP contribution in [0.1, 0.15) is 12.5 Å². The highest BCUT2D eigenvalue weighted by Crippen LogP contribution is 2.24. The highest BCUT2D eigenvalue weighted by atomic mass is 32.2. The molecule has 0 spiro atoms. The molecular formula is C14H20N6O3S2. The minimum absolute atomic E-state index is 0.111. The number of aryl methyl sites for hydroxylation is 1. The van der Waals surface area contributed by atoms with Crippen molar-refractivity contribution in [3.63, 3.8) is 0 Å². The molecule has 9 nitrogen and oxygen atoms in total. The summed E-state index contributed by atoms with van der Waals surface area (Å²) in [4.78, 5) is 12.5. The van der Waals surface area contributed by atoms with Crippen LogP contribution in [-0.2, 0) is 14.8 Å². The summed E-state index contributed by atoms with van der Waals surface area (Å²) in [5.41, 5.74) is 1.19. The van der Waals surface area contributed by atoms with Crippen molar-refractivity contribution in [2.24, 2.45) is 0 Å². The van der Waals surface area contributed by atoms with E-state index in [9.17, 15) is 13.2 Å². The van der Waals surface area contributed by atoms with E-state index in [1.807, 2.05) is 0 Å². The third-order valence-electron chi connectivity index (χ3n) is 3.44. The van der Waals surface area contributed by atoms with Crippen molar-refractivity contribution >= 4 is 33.4 Å². The van der Waals surface area contributed by atoms with Crippen LogP contribution in [0.5, 0.6) is 0 Å². The van der Waals surface area contributed by atoms with Gasteiger partial charge in [0.1, 0.15) is 6.33 Å². The maximum Gasteiger partial charge on any atom is 0.242 e. The highest BCUT2D eigenvalue weighted by Gasteiger charge is 2.21. The fourth-order valence-corrected chi connectivity index (χ4v) is 3.54. The average Bonchev–Trinajstić information content (AvgIpc) is 2.94. The number of hydrogen-bond donors (Lipinski definition) is 2. The van der Waals surface area contributed by atoms with Gasteiger partial charge in [0, 0.05) is 19.8 Å². The number of amides is 1. The van der Waals surface area contributed by atoms with Crippen LogP contribution in [0.2, 0.25) is 0 Å². The van der Waals surface area contributed by atoms with Crippen molar-refractivity contribution in [2.75, 3.05) is 25.3 Å². The van der Waals surface area contributed by atoms with Crippen LogP contribution in [0.4, 0.5) is 5.69 Å². The lowest BCUT2D eigenvalue weighted by molar-refractivity contribution is -0.115. The van der Waals surface area contributed by atoms with Gasteiger partial charge in [-0.3, -0.25) is 4.79 Å². The second-order valence-corrected chi connectivity index (χ2v) is 8.99. The van der Waals surface area contributed by atoms with Crippen LogP contribution in [0.25, 0.3) is 0 Å². The second-order valence-electron chi connectivity index (χ2n) is 5.53. The number of aromatic nitrogens is 3. The molecule has 0 aliphatic rings. The zero-order valence-electron chi connectivity index (χ0n) is 14.3. The summed E-state index contributed by atoms with van der Waals surface area (Å²) in [6.07, 6.45) is 1.34. The average molecular weight is 384 g/mol. The van der Waals surface area contributed by atoms with Crippen molar-refractivity contribution < 1.29 is 13.2 Å². The standard InChI is InChI=1S/C14H20N6O3S2/c1-9-5-6-11(25(22,23)19(3)4)7-12(9)17-13(21)10(2)24-14-18-16-8-20(14)15/h5-8,10H,15H2,1-4H3,(H,17,21). The Labute approximate surface area is 150 Å². The van der Waals surface area contributed by atoms with E-state index in [4.69, 9.17) is 5.84 Å². The van der Waals surface area contributed by atoms with Crippen molar-refractivity contribution in [1.29, 1.82) is 0 Å². The number of hydrogen-bond acceptors (Lipinski definition) is 7. The number of nitrogen functional groups attached to an aromatic ring is 1. The lowest BCUT2D eigenvalue weighted by Gasteiger charge is -2.16. The Kier molecular flexibility index (Phi) is 5.70. The zero-order valence-corrected chi connectivity index (χ0v) is 15.9. The van der Waals surface area contributed by atoms with Gasteiger partial charge in [0.25, 0.3) is 0 Å². The molecule has 1 unspecified atom stereocenters. The maximum atomic E-state index is 12.4. The molecule has 0 aliphatic carbocycles. The third-order valence-corrected chi connectivity index (χ3v) is 6.32. The number of rotatable bonds is 6.